The van der Waals surface area contributed by atoms with E-state index in [2.05, 4.69) is 25.2 Å². The quantitative estimate of drug-likeness (QED) is 0.584. The summed E-state index contributed by atoms with van der Waals surface area (Å²) < 4.78 is 26.7. The van der Waals surface area contributed by atoms with Crippen LogP contribution in [-0.4, -0.2) is 30.6 Å². The second kappa shape index (κ2) is 8.17. The number of aromatic nitrogens is 2. The molecule has 8 heteroatoms. The SMILES string of the molecule is CCCNS(=O)(=O)c1ccc(/C(C)=N\Nc2nc(C)cc(C)n2)cc1. The predicted molar refractivity (Wildman–Crippen MR) is 99.3 cm³/mol. The molecule has 0 aliphatic rings. The van der Waals surface area contributed by atoms with E-state index >= 15 is 0 Å². The van der Waals surface area contributed by atoms with Gasteiger partial charge in [0, 0.05) is 17.9 Å². The topological polar surface area (TPSA) is 96.3 Å². The minimum absolute atomic E-state index is 0.239. The molecule has 0 spiro atoms. The molecule has 134 valence electrons. The van der Waals surface area contributed by atoms with Gasteiger partial charge in [0.25, 0.3) is 0 Å². The maximum atomic E-state index is 12.1. The van der Waals surface area contributed by atoms with Crippen LogP contribution in [0.3, 0.4) is 0 Å². The standard InChI is InChI=1S/C17H23N5O2S/c1-5-10-18-25(23,24)16-8-6-15(7-9-16)14(4)21-22-17-19-12(2)11-13(3)20-17/h6-9,11,18H,5,10H2,1-4H3,(H,19,20,22)/b21-14-. The minimum Gasteiger partial charge on any atom is -0.245 e. The average Bonchev–Trinajstić information content (AvgIpc) is 2.57. The first-order valence-electron chi connectivity index (χ1n) is 8.04. The molecule has 0 amide bonds. The number of hydrogen-bond acceptors (Lipinski definition) is 6. The van der Waals surface area contributed by atoms with Crippen molar-refractivity contribution in [3.8, 4) is 0 Å². The molecule has 0 atom stereocenters. The molecule has 1 aromatic carbocycles. The van der Waals surface area contributed by atoms with Gasteiger partial charge in [0.2, 0.25) is 16.0 Å². The van der Waals surface area contributed by atoms with Gasteiger partial charge in [0.1, 0.15) is 0 Å². The van der Waals surface area contributed by atoms with Crippen LogP contribution in [-0.2, 0) is 10.0 Å². The molecule has 1 heterocycles. The third-order valence-corrected chi connectivity index (χ3v) is 4.91. The van der Waals surface area contributed by atoms with Gasteiger partial charge in [-0.2, -0.15) is 5.10 Å². The number of nitrogens with zero attached hydrogens (tertiary/aromatic N) is 3. The molecule has 0 saturated carbocycles. The minimum atomic E-state index is -3.46. The van der Waals surface area contributed by atoms with Gasteiger partial charge >= 0.3 is 0 Å². The molecule has 25 heavy (non-hydrogen) atoms. The van der Waals surface area contributed by atoms with Crippen molar-refractivity contribution in [2.75, 3.05) is 12.0 Å². The predicted octanol–water partition coefficient (Wildman–Crippen LogP) is 2.62. The van der Waals surface area contributed by atoms with Crippen LogP contribution in [0.5, 0.6) is 0 Å². The normalized spacial score (nSPS) is 12.2. The summed E-state index contributed by atoms with van der Waals surface area (Å²) in [5.41, 5.74) is 6.06. The van der Waals surface area contributed by atoms with Crippen LogP contribution < -0.4 is 10.1 Å². The largest absolute Gasteiger partial charge is 0.245 e. The van der Waals surface area contributed by atoms with Gasteiger partial charge in [-0.1, -0.05) is 19.1 Å². The molecule has 2 rings (SSSR count). The Hall–Kier alpha value is -2.32. The van der Waals surface area contributed by atoms with Gasteiger partial charge in [-0.25, -0.2) is 28.5 Å². The molecule has 0 unspecified atom stereocenters. The number of sulfonamides is 1. The fourth-order valence-electron chi connectivity index (χ4n) is 2.17. The highest BCUT2D eigenvalue weighted by molar-refractivity contribution is 7.89. The second-order valence-corrected chi connectivity index (χ2v) is 7.47. The summed E-state index contributed by atoms with van der Waals surface area (Å²) >= 11 is 0. The zero-order valence-electron chi connectivity index (χ0n) is 14.9. The van der Waals surface area contributed by atoms with E-state index in [4.69, 9.17) is 0 Å². The maximum Gasteiger partial charge on any atom is 0.243 e. The Bertz CT molecular complexity index is 841. The molecule has 0 fully saturated rings. The fourth-order valence-corrected chi connectivity index (χ4v) is 3.30. The monoisotopic (exact) mass is 361 g/mol. The van der Waals surface area contributed by atoms with Gasteiger partial charge in [-0.05, 0) is 51.0 Å². The Labute approximate surface area is 148 Å². The molecule has 0 aliphatic heterocycles. The van der Waals surface area contributed by atoms with Gasteiger partial charge in [-0.3, -0.25) is 0 Å². The summed E-state index contributed by atoms with van der Waals surface area (Å²) in [4.78, 5) is 8.75. The third kappa shape index (κ3) is 5.33. The van der Waals surface area contributed by atoms with Crippen LogP contribution in [0.1, 0.15) is 37.2 Å². The van der Waals surface area contributed by atoms with Gasteiger partial charge < -0.3 is 0 Å². The molecule has 0 bridgehead atoms. The van der Waals surface area contributed by atoms with Crippen molar-refractivity contribution in [1.29, 1.82) is 0 Å². The highest BCUT2D eigenvalue weighted by Crippen LogP contribution is 2.12. The Morgan fingerprint density at radius 3 is 2.28 bits per heavy atom. The van der Waals surface area contributed by atoms with Crippen molar-refractivity contribution in [2.24, 2.45) is 5.10 Å². The summed E-state index contributed by atoms with van der Waals surface area (Å²) in [5.74, 6) is 0.430. The summed E-state index contributed by atoms with van der Waals surface area (Å²) in [6, 6.07) is 8.47. The van der Waals surface area contributed by atoms with E-state index in [1.54, 1.807) is 24.3 Å². The first-order valence-corrected chi connectivity index (χ1v) is 9.53. The summed E-state index contributed by atoms with van der Waals surface area (Å²) in [6.07, 6.45) is 0.745. The molecule has 1 aromatic heterocycles. The van der Waals surface area contributed by atoms with E-state index in [0.717, 1.165) is 23.4 Å². The molecule has 0 radical (unpaired) electrons. The van der Waals surface area contributed by atoms with Crippen LogP contribution in [0.2, 0.25) is 0 Å². The summed E-state index contributed by atoms with van der Waals surface area (Å²) in [5, 5.41) is 4.26. The first-order chi connectivity index (χ1) is 11.8. The van der Waals surface area contributed by atoms with Crippen LogP contribution in [0, 0.1) is 13.8 Å². The maximum absolute atomic E-state index is 12.1. The van der Waals surface area contributed by atoms with E-state index in [1.807, 2.05) is 33.8 Å². The Balaban J connectivity index is 2.13. The lowest BCUT2D eigenvalue weighted by Crippen LogP contribution is -2.24. The number of nitrogens with one attached hydrogen (secondary N) is 2. The number of benzene rings is 1. The van der Waals surface area contributed by atoms with Crippen molar-refractivity contribution >= 4 is 21.7 Å². The molecular formula is C17H23N5O2S. The molecule has 2 aromatic rings. The zero-order chi connectivity index (χ0) is 18.4. The Kier molecular flexibility index (Phi) is 6.22. The van der Waals surface area contributed by atoms with E-state index in [9.17, 15) is 8.42 Å². The summed E-state index contributed by atoms with van der Waals surface area (Å²) in [7, 11) is -3.46. The number of anilines is 1. The number of hydrogen-bond donors (Lipinski definition) is 2. The molecule has 0 saturated heterocycles. The lowest BCUT2D eigenvalue weighted by Gasteiger charge is -2.07. The van der Waals surface area contributed by atoms with Crippen LogP contribution >= 0.6 is 0 Å². The highest BCUT2D eigenvalue weighted by atomic mass is 32.2. The van der Waals surface area contributed by atoms with Crippen molar-refractivity contribution < 1.29 is 8.42 Å². The third-order valence-electron chi connectivity index (χ3n) is 3.43. The molecule has 0 aliphatic carbocycles. The first kappa shape index (κ1) is 19.0. The van der Waals surface area contributed by atoms with E-state index in [1.165, 1.54) is 0 Å². The lowest BCUT2D eigenvalue weighted by molar-refractivity contribution is 0.581. The van der Waals surface area contributed by atoms with Crippen molar-refractivity contribution in [2.45, 2.75) is 39.0 Å². The Morgan fingerprint density at radius 2 is 1.72 bits per heavy atom. The lowest BCUT2D eigenvalue weighted by atomic mass is 10.1. The molecule has 7 nitrogen and oxygen atoms in total. The van der Waals surface area contributed by atoms with Crippen molar-refractivity contribution in [3.63, 3.8) is 0 Å². The fraction of sp³-hybridized carbons (Fsp3) is 0.353. The van der Waals surface area contributed by atoms with Gasteiger partial charge in [0.15, 0.2) is 0 Å². The summed E-state index contributed by atoms with van der Waals surface area (Å²) in [6.45, 7) is 7.95. The smallest absolute Gasteiger partial charge is 0.243 e. The second-order valence-electron chi connectivity index (χ2n) is 5.71. The van der Waals surface area contributed by atoms with Crippen molar-refractivity contribution in [3.05, 3.63) is 47.3 Å². The molecular weight excluding hydrogens is 338 g/mol. The van der Waals surface area contributed by atoms with Gasteiger partial charge in [-0.15, -0.1) is 0 Å². The highest BCUT2D eigenvalue weighted by Gasteiger charge is 2.12. The van der Waals surface area contributed by atoms with E-state index < -0.39 is 10.0 Å². The Morgan fingerprint density at radius 1 is 1.12 bits per heavy atom. The van der Waals surface area contributed by atoms with Crippen molar-refractivity contribution in [1.82, 2.24) is 14.7 Å². The van der Waals surface area contributed by atoms with E-state index in [0.29, 0.717) is 18.2 Å². The number of aryl methyl sites for hydroxylation is 2. The molecule has 2 N–H and O–H groups in total. The van der Waals surface area contributed by atoms with E-state index in [-0.39, 0.29) is 4.90 Å². The van der Waals surface area contributed by atoms with Crippen LogP contribution in [0.4, 0.5) is 5.95 Å². The number of hydrazone groups is 1. The van der Waals surface area contributed by atoms with Crippen LogP contribution in [0.15, 0.2) is 40.3 Å². The zero-order valence-corrected chi connectivity index (χ0v) is 15.7. The number of rotatable bonds is 7. The van der Waals surface area contributed by atoms with Crippen LogP contribution in [0.25, 0.3) is 0 Å². The van der Waals surface area contributed by atoms with Gasteiger partial charge in [0.05, 0.1) is 10.6 Å². The average molecular weight is 361 g/mol.